The van der Waals surface area contributed by atoms with E-state index in [0.29, 0.717) is 29.6 Å². The summed E-state index contributed by atoms with van der Waals surface area (Å²) < 4.78 is 1.84. The van der Waals surface area contributed by atoms with Gasteiger partial charge >= 0.3 is 0 Å². The molecule has 3 aromatic heterocycles. The van der Waals surface area contributed by atoms with Crippen LogP contribution in [-0.2, 0) is 16.0 Å². The van der Waals surface area contributed by atoms with Gasteiger partial charge in [0.05, 0.1) is 6.20 Å². The molecule has 1 unspecified atom stereocenters. The van der Waals surface area contributed by atoms with Crippen molar-refractivity contribution in [3.05, 3.63) is 115 Å². The molecule has 6 aromatic rings. The molecule has 0 saturated carbocycles. The molecule has 0 spiro atoms. The maximum absolute atomic E-state index is 14.8. The van der Waals surface area contributed by atoms with E-state index in [0.717, 1.165) is 27.7 Å². The Morgan fingerprint density at radius 2 is 1.68 bits per heavy atom. The smallest absolute Gasteiger partial charge is 0.247 e. The molecule has 0 fully saturated rings. The van der Waals surface area contributed by atoms with Crippen molar-refractivity contribution in [3.63, 3.8) is 0 Å². The second-order valence-electron chi connectivity index (χ2n) is 11.0. The van der Waals surface area contributed by atoms with Crippen molar-refractivity contribution in [2.24, 2.45) is 0 Å². The molecular formula is C34H30N8O2. The number of hydrogen-bond acceptors (Lipinski definition) is 6. The zero-order chi connectivity index (χ0) is 30.2. The minimum Gasteiger partial charge on any atom is -0.361 e. The SMILES string of the molecule is CC(C)N(C(=O)CN1C(=O)C(Cc2c[nH]c3ccccc23)c2nnc(-c3ccccc3)n2-c2ncncc21)c1ccccc1. The number of amides is 2. The van der Waals surface area contributed by atoms with E-state index in [9.17, 15) is 9.59 Å². The van der Waals surface area contributed by atoms with Gasteiger partial charge in [-0.15, -0.1) is 10.2 Å². The molecule has 218 valence electrons. The first kappa shape index (κ1) is 27.2. The Bertz CT molecular complexity index is 1970. The Hall–Kier alpha value is -5.64. The third-order valence-electron chi connectivity index (χ3n) is 7.98. The number of hydrogen-bond donors (Lipinski definition) is 1. The number of fused-ring (bicyclic) bond motifs is 4. The number of para-hydroxylation sites is 2. The van der Waals surface area contributed by atoms with Gasteiger partial charge in [-0.25, -0.2) is 9.97 Å². The summed E-state index contributed by atoms with van der Waals surface area (Å²) in [5.41, 5.74) is 3.95. The Balaban J connectivity index is 1.38. The highest BCUT2D eigenvalue weighted by molar-refractivity contribution is 6.07. The van der Waals surface area contributed by atoms with Crippen LogP contribution in [0.5, 0.6) is 0 Å². The summed E-state index contributed by atoms with van der Waals surface area (Å²) in [5, 5.41) is 10.2. The van der Waals surface area contributed by atoms with E-state index >= 15 is 0 Å². The molecule has 4 heterocycles. The van der Waals surface area contributed by atoms with Crippen molar-refractivity contribution in [1.29, 1.82) is 0 Å². The lowest BCUT2D eigenvalue weighted by Crippen LogP contribution is -2.47. The Morgan fingerprint density at radius 3 is 2.45 bits per heavy atom. The standard InChI is InChI=1S/C34H30N8O2/c1-22(2)41(25-13-7-4-8-14-25)30(43)20-40-29-19-35-21-37-33(29)42-31(23-11-5-3-6-12-23)38-39-32(42)27(34(40)44)17-24-18-36-28-16-10-9-15-26(24)28/h3-16,18-19,21-22,27,36H,17,20H2,1-2H3. The fourth-order valence-corrected chi connectivity index (χ4v) is 5.99. The van der Waals surface area contributed by atoms with Crippen LogP contribution in [0.15, 0.2) is 104 Å². The summed E-state index contributed by atoms with van der Waals surface area (Å²) in [6.07, 6.45) is 5.29. The van der Waals surface area contributed by atoms with Gasteiger partial charge in [0.15, 0.2) is 17.5 Å². The molecule has 1 aliphatic heterocycles. The molecular weight excluding hydrogens is 552 g/mol. The quantitative estimate of drug-likeness (QED) is 0.273. The van der Waals surface area contributed by atoms with Gasteiger partial charge in [0, 0.05) is 34.4 Å². The van der Waals surface area contributed by atoms with Gasteiger partial charge < -0.3 is 9.88 Å². The second-order valence-corrected chi connectivity index (χ2v) is 11.0. The first-order valence-electron chi connectivity index (χ1n) is 14.6. The number of aromatic nitrogens is 6. The van der Waals surface area contributed by atoms with E-state index in [1.54, 1.807) is 11.1 Å². The highest BCUT2D eigenvalue weighted by Gasteiger charge is 2.40. The summed E-state index contributed by atoms with van der Waals surface area (Å²) in [6, 6.07) is 27.0. The van der Waals surface area contributed by atoms with Crippen molar-refractivity contribution in [1.82, 2.24) is 29.7 Å². The molecule has 1 N–H and O–H groups in total. The molecule has 2 amide bonds. The van der Waals surface area contributed by atoms with Gasteiger partial charge in [0.25, 0.3) is 0 Å². The zero-order valence-electron chi connectivity index (χ0n) is 24.3. The van der Waals surface area contributed by atoms with Crippen molar-refractivity contribution < 1.29 is 9.59 Å². The number of anilines is 2. The number of aromatic amines is 1. The number of nitrogens with zero attached hydrogens (tertiary/aromatic N) is 7. The van der Waals surface area contributed by atoms with Crippen molar-refractivity contribution in [2.75, 3.05) is 16.3 Å². The van der Waals surface area contributed by atoms with E-state index in [2.05, 4.69) is 25.1 Å². The molecule has 1 atom stereocenters. The molecule has 0 bridgehead atoms. The van der Waals surface area contributed by atoms with Gasteiger partial charge in [0.2, 0.25) is 11.8 Å². The van der Waals surface area contributed by atoms with Crippen LogP contribution in [0.3, 0.4) is 0 Å². The zero-order valence-corrected chi connectivity index (χ0v) is 24.3. The first-order chi connectivity index (χ1) is 21.5. The Kier molecular flexibility index (Phi) is 6.94. The molecule has 0 radical (unpaired) electrons. The highest BCUT2D eigenvalue weighted by Crippen LogP contribution is 2.38. The Labute approximate surface area is 254 Å². The fraction of sp³-hybridized carbons (Fsp3) is 0.176. The number of rotatable bonds is 7. The predicted molar refractivity (Wildman–Crippen MR) is 169 cm³/mol. The van der Waals surface area contributed by atoms with Crippen molar-refractivity contribution in [3.8, 4) is 17.2 Å². The largest absolute Gasteiger partial charge is 0.361 e. The molecule has 0 saturated heterocycles. The van der Waals surface area contributed by atoms with Gasteiger partial charge in [-0.05, 0) is 44.0 Å². The maximum atomic E-state index is 14.8. The van der Waals surface area contributed by atoms with Crippen molar-refractivity contribution >= 4 is 34.1 Å². The van der Waals surface area contributed by atoms with Crippen LogP contribution in [-0.4, -0.2) is 54.1 Å². The number of benzene rings is 3. The Morgan fingerprint density at radius 1 is 0.955 bits per heavy atom. The van der Waals surface area contributed by atoms with Crippen molar-refractivity contribution in [2.45, 2.75) is 32.2 Å². The summed E-state index contributed by atoms with van der Waals surface area (Å²) >= 11 is 0. The van der Waals surface area contributed by atoms with Gasteiger partial charge in [0.1, 0.15) is 24.5 Å². The fourth-order valence-electron chi connectivity index (χ4n) is 5.99. The van der Waals surface area contributed by atoms with Crippen LogP contribution in [0.1, 0.15) is 31.2 Å². The second kappa shape index (κ2) is 11.2. The average molecular weight is 583 g/mol. The van der Waals surface area contributed by atoms with E-state index in [-0.39, 0.29) is 24.4 Å². The van der Waals surface area contributed by atoms with Crippen LogP contribution in [0.4, 0.5) is 11.4 Å². The predicted octanol–water partition coefficient (Wildman–Crippen LogP) is 5.32. The van der Waals surface area contributed by atoms with Crippen LogP contribution >= 0.6 is 0 Å². The molecule has 1 aliphatic rings. The van der Waals surface area contributed by atoms with Crippen LogP contribution in [0, 0.1) is 0 Å². The summed E-state index contributed by atoms with van der Waals surface area (Å²) in [7, 11) is 0. The minimum absolute atomic E-state index is 0.134. The monoisotopic (exact) mass is 582 g/mol. The van der Waals surface area contributed by atoms with Gasteiger partial charge in [-0.2, -0.15) is 0 Å². The first-order valence-corrected chi connectivity index (χ1v) is 14.6. The lowest BCUT2D eigenvalue weighted by atomic mass is 9.96. The molecule has 0 aliphatic carbocycles. The van der Waals surface area contributed by atoms with Gasteiger partial charge in [-0.3, -0.25) is 19.1 Å². The molecule has 3 aromatic carbocycles. The molecule has 44 heavy (non-hydrogen) atoms. The maximum Gasteiger partial charge on any atom is 0.247 e. The van der Waals surface area contributed by atoms with Crippen LogP contribution in [0.2, 0.25) is 0 Å². The van der Waals surface area contributed by atoms with Crippen LogP contribution in [0.25, 0.3) is 28.1 Å². The van der Waals surface area contributed by atoms with E-state index in [1.807, 2.05) is 110 Å². The van der Waals surface area contributed by atoms with Crippen LogP contribution < -0.4 is 9.80 Å². The van der Waals surface area contributed by atoms with E-state index in [1.165, 1.54) is 11.2 Å². The third kappa shape index (κ3) is 4.70. The van der Waals surface area contributed by atoms with E-state index < -0.39 is 5.92 Å². The van der Waals surface area contributed by atoms with E-state index in [4.69, 9.17) is 0 Å². The average Bonchev–Trinajstić information content (AvgIpc) is 3.65. The summed E-state index contributed by atoms with van der Waals surface area (Å²) in [5.74, 6) is 0.197. The number of carbonyl (C=O) groups is 2. The number of carbonyl (C=O) groups excluding carboxylic acids is 2. The highest BCUT2D eigenvalue weighted by atomic mass is 16.2. The minimum atomic E-state index is -0.759. The molecule has 7 rings (SSSR count). The lowest BCUT2D eigenvalue weighted by molar-refractivity contribution is -0.123. The normalized spacial score (nSPS) is 14.4. The molecule has 10 heteroatoms. The summed E-state index contributed by atoms with van der Waals surface area (Å²) in [4.78, 5) is 44.3. The van der Waals surface area contributed by atoms with Gasteiger partial charge in [-0.1, -0.05) is 66.7 Å². The number of nitrogens with one attached hydrogen (secondary N) is 1. The lowest BCUT2D eigenvalue weighted by Gasteiger charge is -2.31. The number of H-pyrrole nitrogens is 1. The third-order valence-corrected chi connectivity index (χ3v) is 7.98. The molecule has 10 nitrogen and oxygen atoms in total. The summed E-state index contributed by atoms with van der Waals surface area (Å²) in [6.45, 7) is 3.72. The topological polar surface area (TPSA) is 113 Å².